The van der Waals surface area contributed by atoms with Gasteiger partial charge in [0.05, 0.1) is 13.2 Å². The van der Waals surface area contributed by atoms with Crippen LogP contribution in [0.3, 0.4) is 0 Å². The number of ether oxygens (including phenoxy) is 1. The van der Waals surface area contributed by atoms with Gasteiger partial charge in [-0.2, -0.15) is 0 Å². The third-order valence-electron chi connectivity index (χ3n) is 5.20. The zero-order valence-electron chi connectivity index (χ0n) is 15.4. The number of allylic oxidation sites excluding steroid dienone is 2. The predicted octanol–water partition coefficient (Wildman–Crippen LogP) is 6.80. The highest BCUT2D eigenvalue weighted by Gasteiger charge is 2.21. The van der Waals surface area contributed by atoms with Gasteiger partial charge in [-0.05, 0) is 67.9 Å². The van der Waals surface area contributed by atoms with Crippen LogP contribution in [0.4, 0.5) is 0 Å². The molecule has 0 atom stereocenters. The maximum absolute atomic E-state index is 5.67. The summed E-state index contributed by atoms with van der Waals surface area (Å²) in [6, 6.07) is 9.14. The fourth-order valence-corrected chi connectivity index (χ4v) is 3.70. The van der Waals surface area contributed by atoms with Crippen LogP contribution in [0.25, 0.3) is 0 Å². The van der Waals surface area contributed by atoms with Crippen LogP contribution in [0, 0.1) is 5.92 Å². The van der Waals surface area contributed by atoms with Crippen LogP contribution in [0.1, 0.15) is 75.3 Å². The molecule has 1 aliphatic rings. The van der Waals surface area contributed by atoms with E-state index in [1.165, 1.54) is 56.1 Å². The van der Waals surface area contributed by atoms with Crippen LogP contribution in [0.15, 0.2) is 49.1 Å². The highest BCUT2D eigenvalue weighted by Crippen LogP contribution is 2.37. The zero-order chi connectivity index (χ0) is 17.0. The summed E-state index contributed by atoms with van der Waals surface area (Å²) < 4.78 is 5.67. The van der Waals surface area contributed by atoms with Gasteiger partial charge in [-0.1, -0.05) is 55.8 Å². The molecule has 1 saturated carbocycles. The molecule has 0 aromatic heterocycles. The molecular weight excluding hydrogens is 292 g/mol. The highest BCUT2D eigenvalue weighted by atomic mass is 16.5. The fourth-order valence-electron chi connectivity index (χ4n) is 3.70. The van der Waals surface area contributed by atoms with Gasteiger partial charge in [0.15, 0.2) is 0 Å². The second-order valence-electron chi connectivity index (χ2n) is 7.07. The largest absolute Gasteiger partial charge is 0.373 e. The molecule has 0 radical (unpaired) electrons. The Labute approximate surface area is 148 Å². The number of benzene rings is 1. The van der Waals surface area contributed by atoms with Crippen molar-refractivity contribution in [1.29, 1.82) is 0 Å². The van der Waals surface area contributed by atoms with E-state index in [2.05, 4.69) is 56.0 Å². The summed E-state index contributed by atoms with van der Waals surface area (Å²) in [5.41, 5.74) is 2.80. The minimum absolute atomic E-state index is 0.713. The quantitative estimate of drug-likeness (QED) is 0.339. The summed E-state index contributed by atoms with van der Waals surface area (Å²) in [4.78, 5) is 0. The van der Waals surface area contributed by atoms with Gasteiger partial charge in [0.1, 0.15) is 0 Å². The average Bonchev–Trinajstić information content (AvgIpc) is 2.63. The minimum Gasteiger partial charge on any atom is -0.373 e. The summed E-state index contributed by atoms with van der Waals surface area (Å²) in [6.45, 7) is 7.39. The first-order chi connectivity index (χ1) is 11.8. The van der Waals surface area contributed by atoms with Crippen molar-refractivity contribution in [2.45, 2.75) is 70.8 Å². The lowest BCUT2D eigenvalue weighted by Crippen LogP contribution is -2.13. The maximum atomic E-state index is 5.67. The molecule has 0 amide bonds. The maximum Gasteiger partial charge on any atom is 0.0721 e. The molecule has 1 fully saturated rings. The van der Waals surface area contributed by atoms with Gasteiger partial charge in [0.2, 0.25) is 0 Å². The monoisotopic (exact) mass is 326 g/mol. The van der Waals surface area contributed by atoms with E-state index in [-0.39, 0.29) is 0 Å². The summed E-state index contributed by atoms with van der Waals surface area (Å²) in [5, 5.41) is 0. The Morgan fingerprint density at radius 1 is 1.08 bits per heavy atom. The zero-order valence-corrected chi connectivity index (χ0v) is 15.4. The van der Waals surface area contributed by atoms with Gasteiger partial charge >= 0.3 is 0 Å². The molecule has 0 saturated heterocycles. The van der Waals surface area contributed by atoms with Crippen molar-refractivity contribution in [1.82, 2.24) is 0 Å². The molecule has 0 spiro atoms. The normalized spacial score (nSPS) is 21.2. The van der Waals surface area contributed by atoms with Crippen LogP contribution in [0.2, 0.25) is 0 Å². The van der Waals surface area contributed by atoms with Crippen molar-refractivity contribution < 1.29 is 4.74 Å². The Balaban J connectivity index is 1.71. The first-order valence-corrected chi connectivity index (χ1v) is 9.76. The number of hydrogen-bond acceptors (Lipinski definition) is 1. The van der Waals surface area contributed by atoms with Gasteiger partial charge < -0.3 is 4.74 Å². The fraction of sp³-hybridized carbons (Fsp3) is 0.565. The van der Waals surface area contributed by atoms with Crippen LogP contribution < -0.4 is 0 Å². The predicted molar refractivity (Wildman–Crippen MR) is 104 cm³/mol. The van der Waals surface area contributed by atoms with Crippen LogP contribution in [-0.4, -0.2) is 6.61 Å². The second kappa shape index (κ2) is 11.3. The lowest BCUT2D eigenvalue weighted by Gasteiger charge is -2.29. The molecule has 24 heavy (non-hydrogen) atoms. The summed E-state index contributed by atoms with van der Waals surface area (Å²) in [5.74, 6) is 1.72. The summed E-state index contributed by atoms with van der Waals surface area (Å²) in [7, 11) is 0. The van der Waals surface area contributed by atoms with Crippen molar-refractivity contribution in [3.63, 3.8) is 0 Å². The second-order valence-corrected chi connectivity index (χ2v) is 7.07. The minimum atomic E-state index is 0.713. The molecule has 0 unspecified atom stereocenters. The first kappa shape index (κ1) is 19.0. The summed E-state index contributed by atoms with van der Waals surface area (Å²) >= 11 is 0. The van der Waals surface area contributed by atoms with E-state index >= 15 is 0 Å². The van der Waals surface area contributed by atoms with Crippen molar-refractivity contribution in [3.05, 3.63) is 60.2 Å². The highest BCUT2D eigenvalue weighted by molar-refractivity contribution is 5.25. The lowest BCUT2D eigenvalue weighted by atomic mass is 9.77. The molecule has 1 aromatic carbocycles. The van der Waals surface area contributed by atoms with E-state index in [9.17, 15) is 0 Å². The van der Waals surface area contributed by atoms with E-state index < -0.39 is 0 Å². The van der Waals surface area contributed by atoms with E-state index in [4.69, 9.17) is 4.74 Å². The van der Waals surface area contributed by atoms with Gasteiger partial charge in [0, 0.05) is 0 Å². The topological polar surface area (TPSA) is 9.23 Å². The summed E-state index contributed by atoms with van der Waals surface area (Å²) in [6.07, 6.45) is 16.8. The Morgan fingerprint density at radius 3 is 2.50 bits per heavy atom. The molecule has 0 N–H and O–H groups in total. The van der Waals surface area contributed by atoms with Crippen LogP contribution >= 0.6 is 0 Å². The standard InChI is InChI=1S/C23H34O/c1-3-5-7-9-20-10-14-22(15-11-20)23-16-12-21(13-17-23)19-24-18-8-6-4-2/h3,6,8,12-13,16-17,20,22H,1,4-5,7,9-11,14-15,18-19H2,2H3/b8-6+/t20-,22-. The Morgan fingerprint density at radius 2 is 1.83 bits per heavy atom. The van der Waals surface area contributed by atoms with E-state index in [0.29, 0.717) is 13.2 Å². The Kier molecular flexibility index (Phi) is 8.91. The SMILES string of the molecule is C=CCCC[C@H]1CC[C@H](c2ccc(COC/C=C/CC)cc2)CC1. The van der Waals surface area contributed by atoms with Gasteiger partial charge in [0.25, 0.3) is 0 Å². The molecule has 0 heterocycles. The Bertz CT molecular complexity index is 477. The van der Waals surface area contributed by atoms with Crippen LogP contribution in [-0.2, 0) is 11.3 Å². The van der Waals surface area contributed by atoms with E-state index in [0.717, 1.165) is 18.3 Å². The molecule has 1 aromatic rings. The van der Waals surface area contributed by atoms with Crippen LogP contribution in [0.5, 0.6) is 0 Å². The average molecular weight is 327 g/mol. The molecule has 1 nitrogen and oxygen atoms in total. The molecule has 0 aliphatic heterocycles. The smallest absolute Gasteiger partial charge is 0.0721 e. The van der Waals surface area contributed by atoms with Gasteiger partial charge in [-0.25, -0.2) is 0 Å². The molecule has 132 valence electrons. The van der Waals surface area contributed by atoms with E-state index in [1.807, 2.05) is 0 Å². The third-order valence-corrected chi connectivity index (χ3v) is 5.20. The van der Waals surface area contributed by atoms with Crippen molar-refractivity contribution in [2.24, 2.45) is 5.92 Å². The van der Waals surface area contributed by atoms with Crippen molar-refractivity contribution >= 4 is 0 Å². The molecule has 1 heteroatoms. The molecular formula is C23H34O. The van der Waals surface area contributed by atoms with Gasteiger partial charge in [-0.15, -0.1) is 6.58 Å². The van der Waals surface area contributed by atoms with E-state index in [1.54, 1.807) is 0 Å². The van der Waals surface area contributed by atoms with Crippen molar-refractivity contribution in [3.8, 4) is 0 Å². The molecule has 0 bridgehead atoms. The number of hydrogen-bond donors (Lipinski definition) is 0. The lowest BCUT2D eigenvalue weighted by molar-refractivity contribution is 0.148. The van der Waals surface area contributed by atoms with Gasteiger partial charge in [-0.3, -0.25) is 0 Å². The third kappa shape index (κ3) is 6.65. The first-order valence-electron chi connectivity index (χ1n) is 9.76. The Hall–Kier alpha value is -1.34. The molecule has 2 rings (SSSR count). The van der Waals surface area contributed by atoms with Crippen molar-refractivity contribution in [2.75, 3.05) is 6.61 Å². The number of unbranched alkanes of at least 4 members (excludes halogenated alkanes) is 1. The molecule has 1 aliphatic carbocycles. The number of rotatable bonds is 10.